The van der Waals surface area contributed by atoms with Crippen molar-refractivity contribution in [2.24, 2.45) is 0 Å². The molecule has 0 aliphatic rings. The molecule has 1 aromatic heterocycles. The number of rotatable bonds is 4. The molecular weight excluding hydrogens is 312 g/mol. The number of H-pyrrole nitrogens is 1. The van der Waals surface area contributed by atoms with E-state index in [9.17, 15) is 13.6 Å². The fourth-order valence-corrected chi connectivity index (χ4v) is 2.43. The van der Waals surface area contributed by atoms with E-state index in [2.05, 4.69) is 15.5 Å². The summed E-state index contributed by atoms with van der Waals surface area (Å²) < 4.78 is 26.3. The molecule has 1 atom stereocenters. The molecule has 2 aromatic carbocycles. The van der Waals surface area contributed by atoms with Gasteiger partial charge in [0, 0.05) is 5.56 Å². The minimum Gasteiger partial charge on any atom is -0.345 e. The first-order chi connectivity index (χ1) is 11.5. The van der Waals surface area contributed by atoms with Crippen LogP contribution in [-0.2, 0) is 0 Å². The normalized spacial score (nSPS) is 12.0. The zero-order valence-electron chi connectivity index (χ0n) is 12.9. The maximum Gasteiger partial charge on any atom is 0.255 e. The Hall–Kier alpha value is -3.02. The molecule has 0 spiro atoms. The molecule has 1 unspecified atom stereocenters. The van der Waals surface area contributed by atoms with E-state index in [-0.39, 0.29) is 23.6 Å². The summed E-state index contributed by atoms with van der Waals surface area (Å²) in [6.45, 7) is 1.77. The molecule has 3 aromatic rings. The van der Waals surface area contributed by atoms with Gasteiger partial charge in [0.05, 0.1) is 23.5 Å². The molecule has 0 saturated carbocycles. The zero-order chi connectivity index (χ0) is 17.1. The topological polar surface area (TPSA) is 57.8 Å². The van der Waals surface area contributed by atoms with Crippen LogP contribution in [0, 0.1) is 11.6 Å². The number of nitrogens with zero attached hydrogens (tertiary/aromatic N) is 1. The van der Waals surface area contributed by atoms with Crippen molar-refractivity contribution in [1.29, 1.82) is 0 Å². The average molecular weight is 327 g/mol. The van der Waals surface area contributed by atoms with Gasteiger partial charge in [-0.05, 0) is 48.9 Å². The lowest BCUT2D eigenvalue weighted by Gasteiger charge is -2.14. The minimum absolute atomic E-state index is 0.338. The molecule has 3 rings (SSSR count). The van der Waals surface area contributed by atoms with E-state index in [0.29, 0.717) is 22.4 Å². The number of benzene rings is 2. The molecule has 0 fully saturated rings. The van der Waals surface area contributed by atoms with Crippen LogP contribution >= 0.6 is 0 Å². The van der Waals surface area contributed by atoms with E-state index in [1.165, 1.54) is 30.5 Å². The van der Waals surface area contributed by atoms with Gasteiger partial charge < -0.3 is 5.32 Å². The van der Waals surface area contributed by atoms with Gasteiger partial charge in [0.25, 0.3) is 5.91 Å². The van der Waals surface area contributed by atoms with Gasteiger partial charge >= 0.3 is 0 Å². The Kier molecular flexibility index (Phi) is 4.37. The van der Waals surface area contributed by atoms with Gasteiger partial charge in [-0.1, -0.05) is 12.1 Å². The lowest BCUT2D eigenvalue weighted by molar-refractivity contribution is 0.0940. The fourth-order valence-electron chi connectivity index (χ4n) is 2.43. The highest BCUT2D eigenvalue weighted by molar-refractivity contribution is 5.99. The van der Waals surface area contributed by atoms with Crippen molar-refractivity contribution in [2.75, 3.05) is 0 Å². The number of aromatic amines is 1. The van der Waals surface area contributed by atoms with Gasteiger partial charge in [-0.3, -0.25) is 9.89 Å². The molecule has 4 nitrogen and oxygen atoms in total. The van der Waals surface area contributed by atoms with Crippen molar-refractivity contribution in [3.63, 3.8) is 0 Å². The first kappa shape index (κ1) is 15.9. The van der Waals surface area contributed by atoms with E-state index in [0.717, 1.165) is 0 Å². The summed E-state index contributed by atoms with van der Waals surface area (Å²) in [6.07, 6.45) is 1.41. The van der Waals surface area contributed by atoms with Crippen LogP contribution in [-0.4, -0.2) is 16.1 Å². The highest BCUT2D eigenvalue weighted by Gasteiger charge is 2.18. The summed E-state index contributed by atoms with van der Waals surface area (Å²) in [4.78, 5) is 12.5. The predicted octanol–water partition coefficient (Wildman–Crippen LogP) is 3.85. The molecule has 122 valence electrons. The Morgan fingerprint density at radius 1 is 1.12 bits per heavy atom. The number of nitrogens with one attached hydrogen (secondary N) is 2. The summed E-state index contributed by atoms with van der Waals surface area (Å²) in [6, 6.07) is 11.4. The third-order valence-corrected chi connectivity index (χ3v) is 3.71. The SMILES string of the molecule is CC(NC(=O)c1cn[nH]c1-c1ccc(F)cc1)c1cccc(F)c1. The van der Waals surface area contributed by atoms with Crippen molar-refractivity contribution in [3.05, 3.63) is 77.5 Å². The van der Waals surface area contributed by atoms with Gasteiger partial charge in [-0.2, -0.15) is 5.10 Å². The Morgan fingerprint density at radius 2 is 1.88 bits per heavy atom. The average Bonchev–Trinajstić information content (AvgIpc) is 3.05. The minimum atomic E-state index is -0.371. The van der Waals surface area contributed by atoms with Crippen LogP contribution < -0.4 is 5.32 Å². The van der Waals surface area contributed by atoms with Crippen LogP contribution in [0.25, 0.3) is 11.3 Å². The molecule has 0 radical (unpaired) electrons. The van der Waals surface area contributed by atoms with Gasteiger partial charge in [0.1, 0.15) is 11.6 Å². The molecular formula is C18H15F2N3O. The lowest BCUT2D eigenvalue weighted by atomic mass is 10.1. The monoisotopic (exact) mass is 327 g/mol. The molecule has 0 bridgehead atoms. The number of aromatic nitrogens is 2. The van der Waals surface area contributed by atoms with Gasteiger partial charge in [-0.25, -0.2) is 8.78 Å². The predicted molar refractivity (Wildman–Crippen MR) is 86.3 cm³/mol. The van der Waals surface area contributed by atoms with Gasteiger partial charge in [-0.15, -0.1) is 0 Å². The van der Waals surface area contributed by atoms with Crippen LogP contribution in [0.1, 0.15) is 28.9 Å². The largest absolute Gasteiger partial charge is 0.345 e. The van der Waals surface area contributed by atoms with Crippen LogP contribution in [0.5, 0.6) is 0 Å². The second-order valence-electron chi connectivity index (χ2n) is 5.42. The highest BCUT2D eigenvalue weighted by Crippen LogP contribution is 2.22. The molecule has 6 heteroatoms. The van der Waals surface area contributed by atoms with Crippen LogP contribution in [0.4, 0.5) is 8.78 Å². The zero-order valence-corrected chi connectivity index (χ0v) is 12.9. The number of hydrogen-bond acceptors (Lipinski definition) is 2. The summed E-state index contributed by atoms with van der Waals surface area (Å²) in [5.41, 5.74) is 2.15. The van der Waals surface area contributed by atoms with Crippen LogP contribution in [0.2, 0.25) is 0 Å². The summed E-state index contributed by atoms with van der Waals surface area (Å²) in [5, 5.41) is 9.46. The van der Waals surface area contributed by atoms with Crippen molar-refractivity contribution >= 4 is 5.91 Å². The Bertz CT molecular complexity index is 859. The molecule has 0 aliphatic carbocycles. The third kappa shape index (κ3) is 3.32. The summed E-state index contributed by atoms with van der Waals surface area (Å²) in [5.74, 6) is -1.06. The maximum absolute atomic E-state index is 13.3. The number of carbonyl (C=O) groups is 1. The van der Waals surface area contributed by atoms with Gasteiger partial charge in [0.15, 0.2) is 0 Å². The maximum atomic E-state index is 13.3. The van der Waals surface area contributed by atoms with Gasteiger partial charge in [0.2, 0.25) is 0 Å². The summed E-state index contributed by atoms with van der Waals surface area (Å²) in [7, 11) is 0. The Labute approximate surface area is 137 Å². The highest BCUT2D eigenvalue weighted by atomic mass is 19.1. The quantitative estimate of drug-likeness (QED) is 0.765. The molecule has 24 heavy (non-hydrogen) atoms. The van der Waals surface area contributed by atoms with Crippen LogP contribution in [0.3, 0.4) is 0 Å². The second kappa shape index (κ2) is 6.62. The summed E-state index contributed by atoms with van der Waals surface area (Å²) >= 11 is 0. The Morgan fingerprint density at radius 3 is 2.58 bits per heavy atom. The smallest absolute Gasteiger partial charge is 0.255 e. The van der Waals surface area contributed by atoms with E-state index >= 15 is 0 Å². The van der Waals surface area contributed by atoms with Crippen molar-refractivity contribution in [2.45, 2.75) is 13.0 Å². The first-order valence-electron chi connectivity index (χ1n) is 7.40. The Balaban J connectivity index is 1.81. The van der Waals surface area contributed by atoms with E-state index in [4.69, 9.17) is 0 Å². The molecule has 0 saturated heterocycles. The second-order valence-corrected chi connectivity index (χ2v) is 5.42. The lowest BCUT2D eigenvalue weighted by Crippen LogP contribution is -2.26. The standard InChI is InChI=1S/C18H15F2N3O/c1-11(13-3-2-4-15(20)9-13)22-18(24)16-10-21-23-17(16)12-5-7-14(19)8-6-12/h2-11H,1H3,(H,21,23)(H,22,24). The number of carbonyl (C=O) groups excluding carboxylic acids is 1. The van der Waals surface area contributed by atoms with Crippen molar-refractivity contribution in [3.8, 4) is 11.3 Å². The van der Waals surface area contributed by atoms with Crippen molar-refractivity contribution in [1.82, 2.24) is 15.5 Å². The molecule has 2 N–H and O–H groups in total. The number of halogens is 2. The first-order valence-corrected chi connectivity index (χ1v) is 7.40. The number of hydrogen-bond donors (Lipinski definition) is 2. The van der Waals surface area contributed by atoms with E-state index < -0.39 is 0 Å². The third-order valence-electron chi connectivity index (χ3n) is 3.71. The molecule has 0 aliphatic heterocycles. The van der Waals surface area contributed by atoms with E-state index in [1.807, 2.05) is 0 Å². The molecule has 1 heterocycles. The van der Waals surface area contributed by atoms with Crippen LogP contribution in [0.15, 0.2) is 54.7 Å². The molecule has 1 amide bonds. The van der Waals surface area contributed by atoms with E-state index in [1.54, 1.807) is 31.2 Å². The number of amides is 1. The fraction of sp³-hybridized carbons (Fsp3) is 0.111. The van der Waals surface area contributed by atoms with Crippen molar-refractivity contribution < 1.29 is 13.6 Å².